The van der Waals surface area contributed by atoms with Crippen molar-refractivity contribution >= 4 is 34.2 Å². The SMILES string of the molecule is Cl.NCC(NC(=O)C1=CC=CN2CCS(=O)(=O)N=C12)C1CC1. The molecule has 3 rings (SSSR count). The maximum absolute atomic E-state index is 12.4. The number of carbonyl (C=O) groups is 1. The van der Waals surface area contributed by atoms with Crippen LogP contribution >= 0.6 is 12.4 Å². The normalized spacial score (nSPS) is 23.6. The lowest BCUT2D eigenvalue weighted by Gasteiger charge is -2.29. The number of carbonyl (C=O) groups excluding carboxylic acids is 1. The fourth-order valence-corrected chi connectivity index (χ4v) is 3.49. The summed E-state index contributed by atoms with van der Waals surface area (Å²) in [6, 6.07) is -0.0569. The zero-order chi connectivity index (χ0) is 15.0. The standard InChI is InChI=1S/C13H18N4O3S.ClH/c14-8-11(9-3-4-9)15-13(18)10-2-1-5-17-6-7-21(19,20)16-12(10)17;/h1-2,5,9,11H,3-4,6-8,14H2,(H,15,18);1H. The first-order chi connectivity index (χ1) is 10.00. The maximum atomic E-state index is 12.4. The molecule has 0 aromatic rings. The average Bonchev–Trinajstić information content (AvgIpc) is 3.27. The quantitative estimate of drug-likeness (QED) is 0.731. The second kappa shape index (κ2) is 6.39. The third-order valence-corrected chi connectivity index (χ3v) is 5.01. The van der Waals surface area contributed by atoms with E-state index >= 15 is 0 Å². The van der Waals surface area contributed by atoms with Gasteiger partial charge in [0.2, 0.25) is 0 Å². The molecule has 0 aromatic carbocycles. The highest BCUT2D eigenvalue weighted by atomic mass is 35.5. The largest absolute Gasteiger partial charge is 0.348 e. The van der Waals surface area contributed by atoms with Crippen molar-refractivity contribution in [2.45, 2.75) is 18.9 Å². The predicted octanol–water partition coefficient (Wildman–Crippen LogP) is -0.241. The van der Waals surface area contributed by atoms with Gasteiger partial charge in [0.05, 0.1) is 11.3 Å². The van der Waals surface area contributed by atoms with Crippen molar-refractivity contribution in [3.63, 3.8) is 0 Å². The first-order valence-electron chi connectivity index (χ1n) is 6.99. The Morgan fingerprint density at radius 1 is 1.50 bits per heavy atom. The van der Waals surface area contributed by atoms with Gasteiger partial charge in [0.25, 0.3) is 15.9 Å². The summed E-state index contributed by atoms with van der Waals surface area (Å²) in [5, 5.41) is 2.89. The highest BCUT2D eigenvalue weighted by molar-refractivity contribution is 7.90. The average molecular weight is 347 g/mol. The van der Waals surface area contributed by atoms with E-state index in [0.717, 1.165) is 12.8 Å². The summed E-state index contributed by atoms with van der Waals surface area (Å²) < 4.78 is 27.0. The summed E-state index contributed by atoms with van der Waals surface area (Å²) in [6.45, 7) is 0.694. The minimum absolute atomic E-state index is 0. The number of allylic oxidation sites excluding steroid dienone is 2. The number of nitrogens with one attached hydrogen (secondary N) is 1. The second-order valence-electron chi connectivity index (χ2n) is 5.47. The van der Waals surface area contributed by atoms with Gasteiger partial charge in [0.1, 0.15) is 0 Å². The summed E-state index contributed by atoms with van der Waals surface area (Å²) in [6.07, 6.45) is 7.18. The fourth-order valence-electron chi connectivity index (χ4n) is 2.51. The number of amidine groups is 1. The Bertz CT molecular complexity index is 652. The molecular formula is C13H19ClN4O3S. The van der Waals surface area contributed by atoms with E-state index in [4.69, 9.17) is 5.73 Å². The molecule has 0 bridgehead atoms. The van der Waals surface area contributed by atoms with Crippen LogP contribution in [0.3, 0.4) is 0 Å². The fraction of sp³-hybridized carbons (Fsp3) is 0.538. The number of fused-ring (bicyclic) bond motifs is 1. The molecule has 1 aliphatic carbocycles. The summed E-state index contributed by atoms with van der Waals surface area (Å²) in [5.41, 5.74) is 5.96. The number of sulfonamides is 1. The zero-order valence-electron chi connectivity index (χ0n) is 11.9. The number of halogens is 1. The van der Waals surface area contributed by atoms with Crippen molar-refractivity contribution in [2.75, 3.05) is 18.8 Å². The third kappa shape index (κ3) is 3.50. The maximum Gasteiger partial charge on any atom is 0.256 e. The van der Waals surface area contributed by atoms with E-state index < -0.39 is 10.0 Å². The van der Waals surface area contributed by atoms with Crippen LogP contribution in [-0.2, 0) is 14.8 Å². The molecule has 0 saturated heterocycles. The van der Waals surface area contributed by atoms with Gasteiger partial charge in [0.15, 0.2) is 5.84 Å². The molecule has 2 heterocycles. The van der Waals surface area contributed by atoms with Gasteiger partial charge in [-0.25, -0.2) is 8.42 Å². The van der Waals surface area contributed by atoms with Crippen LogP contribution in [0.4, 0.5) is 0 Å². The molecule has 0 aromatic heterocycles. The molecule has 2 aliphatic heterocycles. The van der Waals surface area contributed by atoms with E-state index in [1.54, 1.807) is 23.3 Å². The minimum atomic E-state index is -3.49. The van der Waals surface area contributed by atoms with Crippen LogP contribution in [-0.4, -0.2) is 49.9 Å². The van der Waals surface area contributed by atoms with Gasteiger partial charge in [-0.05, 0) is 30.9 Å². The second-order valence-corrected chi connectivity index (χ2v) is 7.22. The summed E-state index contributed by atoms with van der Waals surface area (Å²) in [7, 11) is -3.49. The molecule has 3 aliphatic rings. The molecule has 1 unspecified atom stereocenters. The van der Waals surface area contributed by atoms with Crippen LogP contribution in [0.2, 0.25) is 0 Å². The lowest BCUT2D eigenvalue weighted by atomic mass is 10.1. The van der Waals surface area contributed by atoms with E-state index in [9.17, 15) is 13.2 Å². The molecule has 3 N–H and O–H groups in total. The summed E-state index contributed by atoms with van der Waals surface area (Å²) in [5.74, 6) is 0.283. The van der Waals surface area contributed by atoms with E-state index in [-0.39, 0.29) is 41.5 Å². The lowest BCUT2D eigenvalue weighted by Crippen LogP contribution is -2.47. The Hall–Kier alpha value is -1.38. The van der Waals surface area contributed by atoms with Gasteiger partial charge in [-0.15, -0.1) is 16.8 Å². The number of hydrogen-bond donors (Lipinski definition) is 2. The Balaban J connectivity index is 0.00000176. The Morgan fingerprint density at radius 2 is 2.23 bits per heavy atom. The number of rotatable bonds is 4. The Kier molecular flexibility index (Phi) is 4.93. The highest BCUT2D eigenvalue weighted by Gasteiger charge is 2.34. The molecule has 1 amide bonds. The highest BCUT2D eigenvalue weighted by Crippen LogP contribution is 2.32. The molecule has 122 valence electrons. The number of nitrogens with two attached hydrogens (primary N) is 1. The number of amides is 1. The van der Waals surface area contributed by atoms with Gasteiger partial charge >= 0.3 is 0 Å². The molecule has 1 atom stereocenters. The monoisotopic (exact) mass is 346 g/mol. The van der Waals surface area contributed by atoms with Crippen LogP contribution in [0.5, 0.6) is 0 Å². The third-order valence-electron chi connectivity index (χ3n) is 3.86. The van der Waals surface area contributed by atoms with Crippen LogP contribution < -0.4 is 11.1 Å². The van der Waals surface area contributed by atoms with E-state index in [0.29, 0.717) is 19.0 Å². The molecule has 7 nitrogen and oxygen atoms in total. The van der Waals surface area contributed by atoms with Crippen LogP contribution in [0.1, 0.15) is 12.8 Å². The molecule has 0 spiro atoms. The zero-order valence-corrected chi connectivity index (χ0v) is 13.6. The van der Waals surface area contributed by atoms with Gasteiger partial charge in [-0.3, -0.25) is 4.79 Å². The smallest absolute Gasteiger partial charge is 0.256 e. The van der Waals surface area contributed by atoms with Crippen LogP contribution in [0.25, 0.3) is 0 Å². The first-order valence-corrected chi connectivity index (χ1v) is 8.60. The Morgan fingerprint density at radius 3 is 2.86 bits per heavy atom. The van der Waals surface area contributed by atoms with Crippen molar-refractivity contribution in [3.05, 3.63) is 23.9 Å². The Labute approximate surface area is 135 Å². The molecule has 22 heavy (non-hydrogen) atoms. The van der Waals surface area contributed by atoms with Crippen molar-refractivity contribution in [1.82, 2.24) is 10.2 Å². The van der Waals surface area contributed by atoms with Crippen molar-refractivity contribution < 1.29 is 13.2 Å². The van der Waals surface area contributed by atoms with Crippen LogP contribution in [0.15, 0.2) is 28.3 Å². The van der Waals surface area contributed by atoms with Crippen molar-refractivity contribution in [2.24, 2.45) is 16.0 Å². The molecule has 1 saturated carbocycles. The van der Waals surface area contributed by atoms with Gasteiger partial charge < -0.3 is 16.0 Å². The number of nitrogens with zero attached hydrogens (tertiary/aromatic N) is 2. The van der Waals surface area contributed by atoms with Gasteiger partial charge in [-0.1, -0.05) is 0 Å². The minimum Gasteiger partial charge on any atom is -0.348 e. The number of hydrogen-bond acceptors (Lipinski definition) is 5. The molecule has 0 radical (unpaired) electrons. The topological polar surface area (TPSA) is 105 Å². The van der Waals surface area contributed by atoms with E-state index in [2.05, 4.69) is 9.71 Å². The molecular weight excluding hydrogens is 328 g/mol. The summed E-state index contributed by atoms with van der Waals surface area (Å²) >= 11 is 0. The van der Waals surface area contributed by atoms with Crippen molar-refractivity contribution in [1.29, 1.82) is 0 Å². The van der Waals surface area contributed by atoms with Gasteiger partial charge in [-0.2, -0.15) is 0 Å². The van der Waals surface area contributed by atoms with E-state index in [1.165, 1.54) is 0 Å². The first kappa shape index (κ1) is 17.0. The van der Waals surface area contributed by atoms with Gasteiger partial charge in [0, 0.05) is 25.3 Å². The van der Waals surface area contributed by atoms with E-state index in [1.807, 2.05) is 0 Å². The molecule has 9 heteroatoms. The van der Waals surface area contributed by atoms with Crippen molar-refractivity contribution in [3.8, 4) is 0 Å². The predicted molar refractivity (Wildman–Crippen MR) is 86.1 cm³/mol. The molecule has 1 fully saturated rings. The summed E-state index contributed by atoms with van der Waals surface area (Å²) in [4.78, 5) is 14.1. The lowest BCUT2D eigenvalue weighted by molar-refractivity contribution is -0.117. The van der Waals surface area contributed by atoms with Crippen LogP contribution in [0, 0.1) is 5.92 Å².